The van der Waals surface area contributed by atoms with Crippen molar-refractivity contribution in [2.45, 2.75) is 30.4 Å². The van der Waals surface area contributed by atoms with Gasteiger partial charge in [0.05, 0.1) is 11.5 Å². The molecule has 2 rings (SSSR count). The molecular formula is C13H18N2O6S. The number of carbonyl (C=O) groups excluding carboxylic acids is 1. The quantitative estimate of drug-likeness (QED) is 0.812. The number of carbonyl (C=O) groups is 2. The van der Waals surface area contributed by atoms with Crippen LogP contribution >= 0.6 is 0 Å². The molecule has 2 atom stereocenters. The summed E-state index contributed by atoms with van der Waals surface area (Å²) in [5.41, 5.74) is 0.0965. The van der Waals surface area contributed by atoms with Gasteiger partial charge in [-0.3, -0.25) is 9.59 Å². The lowest BCUT2D eigenvalue weighted by molar-refractivity contribution is -0.141. The molecule has 1 amide bonds. The number of nitrogens with one attached hydrogen (secondary N) is 1. The van der Waals surface area contributed by atoms with Crippen molar-refractivity contribution in [1.29, 1.82) is 0 Å². The Labute approximate surface area is 128 Å². The van der Waals surface area contributed by atoms with Crippen LogP contribution < -0.4 is 5.32 Å². The summed E-state index contributed by atoms with van der Waals surface area (Å²) in [4.78, 5) is 22.9. The molecule has 0 unspecified atom stereocenters. The third-order valence-corrected chi connectivity index (χ3v) is 5.37. The van der Waals surface area contributed by atoms with Crippen molar-refractivity contribution in [3.05, 3.63) is 17.9 Å². The smallest absolute Gasteiger partial charge is 0.306 e. The molecule has 0 aromatic carbocycles. The van der Waals surface area contributed by atoms with Crippen LogP contribution in [0.1, 0.15) is 29.6 Å². The predicted octanol–water partition coefficient (Wildman–Crippen LogP) is 0.513. The first-order chi connectivity index (χ1) is 10.2. The lowest BCUT2D eigenvalue weighted by atomic mass is 10.1. The van der Waals surface area contributed by atoms with Crippen LogP contribution in [0.25, 0.3) is 0 Å². The van der Waals surface area contributed by atoms with Crippen LogP contribution in [0, 0.1) is 5.92 Å². The molecule has 0 spiro atoms. The Morgan fingerprint density at radius 1 is 1.36 bits per heavy atom. The second kappa shape index (κ2) is 6.09. The zero-order valence-electron chi connectivity index (χ0n) is 12.3. The van der Waals surface area contributed by atoms with Crippen LogP contribution in [-0.2, 0) is 14.8 Å². The minimum absolute atomic E-state index is 0.0965. The molecule has 0 saturated heterocycles. The number of hydrogen-bond donors (Lipinski definition) is 2. The largest absolute Gasteiger partial charge is 0.481 e. The molecule has 0 aliphatic heterocycles. The average molecular weight is 330 g/mol. The van der Waals surface area contributed by atoms with E-state index in [0.717, 1.165) is 16.6 Å². The maximum Gasteiger partial charge on any atom is 0.306 e. The first-order valence-electron chi connectivity index (χ1n) is 6.76. The van der Waals surface area contributed by atoms with E-state index in [4.69, 9.17) is 9.52 Å². The Bertz CT molecular complexity index is 678. The Morgan fingerprint density at radius 3 is 2.59 bits per heavy atom. The van der Waals surface area contributed by atoms with Crippen molar-refractivity contribution in [2.75, 3.05) is 14.1 Å². The van der Waals surface area contributed by atoms with Gasteiger partial charge in [-0.1, -0.05) is 0 Å². The first-order valence-corrected chi connectivity index (χ1v) is 8.20. The van der Waals surface area contributed by atoms with E-state index >= 15 is 0 Å². The van der Waals surface area contributed by atoms with Crippen molar-refractivity contribution in [3.63, 3.8) is 0 Å². The number of sulfonamides is 1. The second-order valence-electron chi connectivity index (χ2n) is 5.46. The molecule has 9 heteroatoms. The van der Waals surface area contributed by atoms with E-state index in [1.54, 1.807) is 0 Å². The highest BCUT2D eigenvalue weighted by molar-refractivity contribution is 7.88. The van der Waals surface area contributed by atoms with Gasteiger partial charge in [0, 0.05) is 26.2 Å². The molecule has 1 fully saturated rings. The van der Waals surface area contributed by atoms with E-state index in [1.807, 2.05) is 0 Å². The van der Waals surface area contributed by atoms with Crippen molar-refractivity contribution in [1.82, 2.24) is 9.62 Å². The first kappa shape index (κ1) is 16.5. The molecule has 0 bridgehead atoms. The Morgan fingerprint density at radius 2 is 2.05 bits per heavy atom. The highest BCUT2D eigenvalue weighted by atomic mass is 32.2. The molecule has 1 aliphatic rings. The van der Waals surface area contributed by atoms with Crippen molar-refractivity contribution >= 4 is 21.9 Å². The Kier molecular flexibility index (Phi) is 4.57. The fraction of sp³-hybridized carbons (Fsp3) is 0.538. The van der Waals surface area contributed by atoms with E-state index in [0.29, 0.717) is 19.3 Å². The van der Waals surface area contributed by atoms with E-state index in [-0.39, 0.29) is 16.7 Å². The monoisotopic (exact) mass is 330 g/mol. The van der Waals surface area contributed by atoms with Crippen LogP contribution in [0.2, 0.25) is 0 Å². The third-order valence-electron chi connectivity index (χ3n) is 3.69. The lowest BCUT2D eigenvalue weighted by Gasteiger charge is -2.11. The van der Waals surface area contributed by atoms with Gasteiger partial charge in [0.2, 0.25) is 5.09 Å². The van der Waals surface area contributed by atoms with Crippen molar-refractivity contribution < 1.29 is 27.5 Å². The average Bonchev–Trinajstić information content (AvgIpc) is 3.07. The fourth-order valence-electron chi connectivity index (χ4n) is 2.36. The summed E-state index contributed by atoms with van der Waals surface area (Å²) in [7, 11) is -1.00. The topological polar surface area (TPSA) is 117 Å². The highest BCUT2D eigenvalue weighted by Gasteiger charge is 2.31. The molecule has 1 saturated carbocycles. The summed E-state index contributed by atoms with van der Waals surface area (Å²) >= 11 is 0. The fourth-order valence-corrected chi connectivity index (χ4v) is 3.16. The maximum absolute atomic E-state index is 12.1. The lowest BCUT2D eigenvalue weighted by Crippen LogP contribution is -2.33. The van der Waals surface area contributed by atoms with Gasteiger partial charge in [-0.05, 0) is 19.3 Å². The number of amides is 1. The molecule has 1 aromatic rings. The zero-order chi connectivity index (χ0) is 16.5. The SMILES string of the molecule is CN(C)S(=O)(=O)c1cc(C(=O)N[C@H]2CC[C@@H](C(=O)O)C2)co1. The van der Waals surface area contributed by atoms with Gasteiger partial charge in [-0.25, -0.2) is 12.7 Å². The number of rotatable bonds is 5. The number of hydrogen-bond acceptors (Lipinski definition) is 5. The summed E-state index contributed by atoms with van der Waals surface area (Å²) in [6, 6.07) is 0.936. The van der Waals surface area contributed by atoms with Gasteiger partial charge in [0.1, 0.15) is 6.26 Å². The summed E-state index contributed by atoms with van der Waals surface area (Å²) in [6.45, 7) is 0. The van der Waals surface area contributed by atoms with E-state index < -0.39 is 27.8 Å². The van der Waals surface area contributed by atoms with Gasteiger partial charge in [0.15, 0.2) is 0 Å². The maximum atomic E-state index is 12.1. The highest BCUT2D eigenvalue weighted by Crippen LogP contribution is 2.26. The number of carboxylic acid groups (broad SMARTS) is 1. The third kappa shape index (κ3) is 3.30. The predicted molar refractivity (Wildman–Crippen MR) is 75.8 cm³/mol. The van der Waals surface area contributed by atoms with Crippen LogP contribution in [0.5, 0.6) is 0 Å². The molecule has 1 aromatic heterocycles. The number of nitrogens with zero attached hydrogens (tertiary/aromatic N) is 1. The van der Waals surface area contributed by atoms with Crippen molar-refractivity contribution in [2.24, 2.45) is 5.92 Å². The summed E-state index contributed by atoms with van der Waals surface area (Å²) in [6.07, 6.45) is 2.56. The van der Waals surface area contributed by atoms with Crippen LogP contribution in [0.4, 0.5) is 0 Å². The van der Waals surface area contributed by atoms with E-state index in [2.05, 4.69) is 5.32 Å². The van der Waals surface area contributed by atoms with Crippen LogP contribution in [0.15, 0.2) is 21.8 Å². The number of aliphatic carboxylic acids is 1. The van der Waals surface area contributed by atoms with Gasteiger partial charge in [-0.2, -0.15) is 0 Å². The summed E-state index contributed by atoms with van der Waals surface area (Å²) in [5.74, 6) is -1.78. The molecular weight excluding hydrogens is 312 g/mol. The number of carboxylic acids is 1. The van der Waals surface area contributed by atoms with Gasteiger partial charge < -0.3 is 14.8 Å². The summed E-state index contributed by atoms with van der Waals surface area (Å²) in [5, 5.41) is 11.3. The van der Waals surface area contributed by atoms with E-state index in [9.17, 15) is 18.0 Å². The van der Waals surface area contributed by atoms with Crippen molar-refractivity contribution in [3.8, 4) is 0 Å². The van der Waals surface area contributed by atoms with E-state index in [1.165, 1.54) is 14.1 Å². The molecule has 1 aliphatic carbocycles. The second-order valence-corrected chi connectivity index (χ2v) is 7.54. The van der Waals surface area contributed by atoms with Crippen LogP contribution in [0.3, 0.4) is 0 Å². The molecule has 2 N–H and O–H groups in total. The van der Waals surface area contributed by atoms with Gasteiger partial charge in [-0.15, -0.1) is 0 Å². The Balaban J connectivity index is 2.03. The van der Waals surface area contributed by atoms with Gasteiger partial charge >= 0.3 is 5.97 Å². The Hall–Kier alpha value is -1.87. The summed E-state index contributed by atoms with van der Waals surface area (Å²) < 4.78 is 29.7. The normalized spacial score (nSPS) is 22.0. The minimum Gasteiger partial charge on any atom is -0.481 e. The molecule has 1 heterocycles. The van der Waals surface area contributed by atoms with Gasteiger partial charge in [0.25, 0.3) is 15.9 Å². The molecule has 122 valence electrons. The minimum atomic E-state index is -3.73. The zero-order valence-corrected chi connectivity index (χ0v) is 13.1. The number of furan rings is 1. The molecule has 8 nitrogen and oxygen atoms in total. The molecule has 22 heavy (non-hydrogen) atoms. The standard InChI is InChI=1S/C13H18N2O6S/c1-15(2)22(19,20)11-6-9(7-21-11)12(16)14-10-4-3-8(5-10)13(17)18/h6-8,10H,3-5H2,1-2H3,(H,14,16)(H,17,18)/t8-,10+/m1/s1. The molecule has 0 radical (unpaired) electrons. The van der Waals surface area contributed by atoms with Crippen LogP contribution in [-0.4, -0.2) is 49.8 Å².